The largest absolute Gasteiger partial charge is 0.374 e. The zero-order valence-electron chi connectivity index (χ0n) is 14.6. The molecule has 1 unspecified atom stereocenters. The van der Waals surface area contributed by atoms with E-state index in [-0.39, 0.29) is 10.7 Å². The lowest BCUT2D eigenvalue weighted by Crippen LogP contribution is -2.31. The molecule has 2 heterocycles. The van der Waals surface area contributed by atoms with Crippen molar-refractivity contribution in [2.75, 3.05) is 0 Å². The number of benzene rings is 2. The van der Waals surface area contributed by atoms with E-state index in [0.717, 1.165) is 5.56 Å². The Morgan fingerprint density at radius 3 is 2.15 bits per heavy atom. The molecule has 27 heavy (non-hydrogen) atoms. The molecule has 0 aliphatic carbocycles. The molecule has 2 aromatic heterocycles. The van der Waals surface area contributed by atoms with Crippen LogP contribution in [-0.2, 0) is 10.0 Å². The fourth-order valence-electron chi connectivity index (χ4n) is 2.63. The fraction of sp³-hybridized carbons (Fsp3) is 0.0500. The quantitative estimate of drug-likeness (QED) is 0.550. The summed E-state index contributed by atoms with van der Waals surface area (Å²) in [4.78, 5) is 9.34. The van der Waals surface area contributed by atoms with Crippen LogP contribution in [0.4, 0.5) is 5.82 Å². The number of aromatic nitrogens is 3. The first kappa shape index (κ1) is 17.3. The first-order valence-electron chi connectivity index (χ1n) is 8.33. The van der Waals surface area contributed by atoms with E-state index < -0.39 is 10.0 Å². The van der Waals surface area contributed by atoms with Gasteiger partial charge in [-0.15, -0.1) is 4.36 Å². The molecule has 4 rings (SSSR count). The number of rotatable bonds is 3. The summed E-state index contributed by atoms with van der Waals surface area (Å²) in [6, 6.07) is 19.5. The second-order valence-corrected chi connectivity index (χ2v) is 7.69. The highest BCUT2D eigenvalue weighted by Crippen LogP contribution is 2.23. The van der Waals surface area contributed by atoms with Crippen molar-refractivity contribution in [1.29, 1.82) is 0 Å². The summed E-state index contributed by atoms with van der Waals surface area (Å²) < 4.78 is 29.2. The Morgan fingerprint density at radius 2 is 1.48 bits per heavy atom. The van der Waals surface area contributed by atoms with E-state index in [1.807, 2.05) is 49.6 Å². The third-order valence-corrected chi connectivity index (χ3v) is 5.34. The van der Waals surface area contributed by atoms with E-state index in [1.54, 1.807) is 41.0 Å². The Kier molecular flexibility index (Phi) is 4.39. The van der Waals surface area contributed by atoms with Crippen LogP contribution in [0.5, 0.6) is 0 Å². The average molecular weight is 377 g/mol. The van der Waals surface area contributed by atoms with E-state index in [1.165, 1.54) is 0 Å². The molecule has 0 amide bonds. The van der Waals surface area contributed by atoms with Crippen LogP contribution in [0.25, 0.3) is 16.9 Å². The first-order chi connectivity index (χ1) is 13.0. The van der Waals surface area contributed by atoms with Crippen LogP contribution in [0.1, 0.15) is 5.56 Å². The predicted molar refractivity (Wildman–Crippen MR) is 103 cm³/mol. The van der Waals surface area contributed by atoms with Gasteiger partial charge in [-0.25, -0.2) is 9.19 Å². The van der Waals surface area contributed by atoms with E-state index in [4.69, 9.17) is 0 Å². The normalized spacial score (nSPS) is 13.3. The number of nitrogens with zero attached hydrogens (tertiary/aromatic N) is 4. The van der Waals surface area contributed by atoms with Crippen LogP contribution in [0.2, 0.25) is 0 Å². The molecular formula is C20H17N4O2S+. The van der Waals surface area contributed by atoms with Gasteiger partial charge < -0.3 is 0 Å². The molecule has 1 N–H and O–H groups in total. The van der Waals surface area contributed by atoms with Gasteiger partial charge in [0.2, 0.25) is 5.52 Å². The molecule has 0 radical (unpaired) electrons. The minimum absolute atomic E-state index is 0.110. The molecule has 4 aromatic rings. The van der Waals surface area contributed by atoms with E-state index in [9.17, 15) is 8.76 Å². The van der Waals surface area contributed by atoms with Crippen molar-refractivity contribution in [3.05, 3.63) is 84.7 Å². The standard InChI is InChI=1S/C20H16N4O2S/c1-15-11-13-24(14-12-15)20-19(21-17-9-5-6-10-18(17)22-20)23-27(25,26)16-7-3-2-4-8-16/h2-14H,1H3/p+1. The second kappa shape index (κ2) is 6.86. The van der Waals surface area contributed by atoms with Crippen molar-refractivity contribution < 1.29 is 13.3 Å². The van der Waals surface area contributed by atoms with Gasteiger partial charge >= 0.3 is 5.82 Å². The Labute approximate surface area is 157 Å². The van der Waals surface area contributed by atoms with Crippen molar-refractivity contribution in [1.82, 2.24) is 9.97 Å². The van der Waals surface area contributed by atoms with E-state index in [0.29, 0.717) is 16.9 Å². The highest BCUT2D eigenvalue weighted by Gasteiger charge is 2.21. The van der Waals surface area contributed by atoms with Crippen molar-refractivity contribution in [3.63, 3.8) is 0 Å². The minimum atomic E-state index is -3.66. The van der Waals surface area contributed by atoms with Gasteiger partial charge in [-0.3, -0.25) is 4.55 Å². The molecule has 0 spiro atoms. The summed E-state index contributed by atoms with van der Waals surface area (Å²) in [7, 11) is -3.66. The molecule has 0 bridgehead atoms. The Hall–Kier alpha value is -3.16. The third kappa shape index (κ3) is 3.55. The number of para-hydroxylation sites is 2. The summed E-state index contributed by atoms with van der Waals surface area (Å²) in [5, 5.41) is 0. The topological polar surface area (TPSA) is 79.3 Å². The summed E-state index contributed by atoms with van der Waals surface area (Å²) in [6.45, 7) is 1.98. The summed E-state index contributed by atoms with van der Waals surface area (Å²) >= 11 is 0. The third-order valence-electron chi connectivity index (χ3n) is 4.04. The lowest BCUT2D eigenvalue weighted by molar-refractivity contribution is -0.598. The van der Waals surface area contributed by atoms with Gasteiger partial charge in [0.15, 0.2) is 10.0 Å². The van der Waals surface area contributed by atoms with Gasteiger partial charge in [0.05, 0.1) is 17.3 Å². The molecule has 0 fully saturated rings. The van der Waals surface area contributed by atoms with E-state index in [2.05, 4.69) is 14.3 Å². The fourth-order valence-corrected chi connectivity index (χ4v) is 3.60. The molecule has 2 aromatic carbocycles. The van der Waals surface area contributed by atoms with Gasteiger partial charge in [-0.1, -0.05) is 30.3 Å². The van der Waals surface area contributed by atoms with E-state index >= 15 is 0 Å². The zero-order valence-corrected chi connectivity index (χ0v) is 15.4. The molecule has 0 aliphatic heterocycles. The summed E-state index contributed by atoms with van der Waals surface area (Å²) in [5.41, 5.74) is 2.38. The van der Waals surface area contributed by atoms with Crippen LogP contribution in [0.3, 0.4) is 0 Å². The van der Waals surface area contributed by atoms with Crippen LogP contribution in [0, 0.1) is 6.92 Å². The van der Waals surface area contributed by atoms with Crippen molar-refractivity contribution in [2.24, 2.45) is 4.36 Å². The maximum atomic E-state index is 12.8. The smallest absolute Gasteiger partial charge is 0.296 e. The van der Waals surface area contributed by atoms with Gasteiger partial charge in [-0.05, 0) is 53.9 Å². The van der Waals surface area contributed by atoms with Crippen molar-refractivity contribution in [2.45, 2.75) is 11.8 Å². The van der Waals surface area contributed by atoms with Crippen LogP contribution in [0.15, 0.2) is 88.4 Å². The second-order valence-electron chi connectivity index (χ2n) is 6.04. The Bertz CT molecular complexity index is 1230. The Morgan fingerprint density at radius 1 is 0.889 bits per heavy atom. The molecule has 7 heteroatoms. The number of fused-ring (bicyclic) bond motifs is 1. The number of pyridine rings is 1. The molecule has 0 aliphatic rings. The maximum absolute atomic E-state index is 12.8. The monoisotopic (exact) mass is 377 g/mol. The predicted octanol–water partition coefficient (Wildman–Crippen LogP) is 3.85. The number of hydrogen-bond acceptors (Lipinski definition) is 4. The molecule has 1 atom stereocenters. The summed E-state index contributed by atoms with van der Waals surface area (Å²) in [5.74, 6) is 0.505. The molecule has 0 saturated heterocycles. The van der Waals surface area contributed by atoms with Crippen LogP contribution < -0.4 is 4.57 Å². The zero-order chi connectivity index (χ0) is 18.9. The highest BCUT2D eigenvalue weighted by molar-refractivity contribution is 7.88. The van der Waals surface area contributed by atoms with Gasteiger partial charge in [0.25, 0.3) is 5.82 Å². The lowest BCUT2D eigenvalue weighted by Gasteiger charge is -2.04. The number of aryl methyl sites for hydroxylation is 1. The molecule has 6 nitrogen and oxygen atoms in total. The average Bonchev–Trinajstić information content (AvgIpc) is 2.69. The SMILES string of the molecule is Cc1cc[n+](-c2nc3ccccc3nc2N=S(=O)(O)c2ccccc2)cc1. The Balaban J connectivity index is 1.98. The van der Waals surface area contributed by atoms with Crippen LogP contribution >= 0.6 is 0 Å². The number of hydrogen-bond donors (Lipinski definition) is 1. The molecular weight excluding hydrogens is 360 g/mol. The minimum Gasteiger partial charge on any atom is -0.296 e. The molecule has 134 valence electrons. The van der Waals surface area contributed by atoms with Crippen molar-refractivity contribution in [3.8, 4) is 5.82 Å². The highest BCUT2D eigenvalue weighted by atomic mass is 32.2. The molecule has 0 saturated carbocycles. The van der Waals surface area contributed by atoms with Crippen LogP contribution in [-0.4, -0.2) is 18.7 Å². The maximum Gasteiger partial charge on any atom is 0.374 e. The lowest BCUT2D eigenvalue weighted by atomic mass is 10.3. The first-order valence-corrected chi connectivity index (χ1v) is 9.80. The van der Waals surface area contributed by atoms with Crippen molar-refractivity contribution >= 4 is 26.9 Å². The summed E-state index contributed by atoms with van der Waals surface area (Å²) in [6.07, 6.45) is 3.66. The van der Waals surface area contributed by atoms with Gasteiger partial charge in [0.1, 0.15) is 5.52 Å². The van der Waals surface area contributed by atoms with Gasteiger partial charge in [-0.2, -0.15) is 4.57 Å². The van der Waals surface area contributed by atoms with Gasteiger partial charge in [0, 0.05) is 0 Å².